The van der Waals surface area contributed by atoms with Gasteiger partial charge in [-0.2, -0.15) is 0 Å². The molecule has 0 radical (unpaired) electrons. The maximum atomic E-state index is 12.9. The molecule has 0 spiro atoms. The first-order valence-electron chi connectivity index (χ1n) is 16.8. The quantitative estimate of drug-likeness (QED) is 0.133. The molecule has 8 rings (SSSR count). The van der Waals surface area contributed by atoms with Gasteiger partial charge in [0.05, 0.1) is 10.3 Å². The zero-order chi connectivity index (χ0) is 34.9. The molecule has 1 aliphatic rings. The number of allylic oxidation sites excluding steroid dienone is 1. The zero-order valence-corrected chi connectivity index (χ0v) is 30.6. The SMILES string of the molecule is CC(C)(C)c1ccc(N(c2ccc(C(C)(C)C)cc2)c2ccc3c(c2)oc2cc(-c4ccc(C=C5C(=O)c6ccccc6C5=O)s4)sc23)cc1. The number of anilines is 3. The lowest BCUT2D eigenvalue weighted by Gasteiger charge is -2.28. The maximum Gasteiger partial charge on any atom is 0.197 e. The molecule has 1 aliphatic carbocycles. The van der Waals surface area contributed by atoms with Crippen LogP contribution >= 0.6 is 22.7 Å². The number of carbonyl (C=O) groups is 2. The first-order valence-corrected chi connectivity index (χ1v) is 18.5. The summed E-state index contributed by atoms with van der Waals surface area (Å²) in [4.78, 5) is 31.2. The summed E-state index contributed by atoms with van der Waals surface area (Å²) in [5, 5.41) is 1.07. The Morgan fingerprint density at radius 3 is 1.70 bits per heavy atom. The third kappa shape index (κ3) is 5.62. The van der Waals surface area contributed by atoms with Gasteiger partial charge < -0.3 is 9.32 Å². The van der Waals surface area contributed by atoms with Crippen molar-refractivity contribution in [3.05, 3.63) is 142 Å². The van der Waals surface area contributed by atoms with Gasteiger partial charge in [0.2, 0.25) is 0 Å². The fraction of sp³-hybridized carbons (Fsp3) is 0.182. The van der Waals surface area contributed by atoms with Crippen molar-refractivity contribution in [1.29, 1.82) is 0 Å². The van der Waals surface area contributed by atoms with E-state index < -0.39 is 0 Å². The van der Waals surface area contributed by atoms with Gasteiger partial charge in [-0.05, 0) is 76.6 Å². The van der Waals surface area contributed by atoms with Crippen molar-refractivity contribution in [2.24, 2.45) is 0 Å². The molecule has 6 heteroatoms. The predicted octanol–water partition coefficient (Wildman–Crippen LogP) is 12.9. The van der Waals surface area contributed by atoms with Crippen molar-refractivity contribution < 1.29 is 14.0 Å². The number of fused-ring (bicyclic) bond motifs is 4. The number of carbonyl (C=O) groups excluding carboxylic acids is 2. The van der Waals surface area contributed by atoms with Crippen LogP contribution in [-0.4, -0.2) is 11.6 Å². The molecule has 0 saturated heterocycles. The van der Waals surface area contributed by atoms with Crippen LogP contribution in [0.5, 0.6) is 0 Å². The van der Waals surface area contributed by atoms with E-state index in [9.17, 15) is 9.59 Å². The minimum Gasteiger partial charge on any atom is -0.455 e. The number of nitrogens with zero attached hydrogens (tertiary/aromatic N) is 1. The van der Waals surface area contributed by atoms with E-state index >= 15 is 0 Å². The lowest BCUT2D eigenvalue weighted by molar-refractivity contribution is 0.0990. The van der Waals surface area contributed by atoms with E-state index in [1.165, 1.54) is 11.1 Å². The molecule has 50 heavy (non-hydrogen) atoms. The first-order chi connectivity index (χ1) is 23.8. The molecule has 0 aliphatic heterocycles. The van der Waals surface area contributed by atoms with Gasteiger partial charge in [-0.1, -0.05) is 90.1 Å². The molecule has 3 aromatic heterocycles. The predicted molar refractivity (Wildman–Crippen MR) is 210 cm³/mol. The van der Waals surface area contributed by atoms with Gasteiger partial charge in [-0.15, -0.1) is 22.7 Å². The fourth-order valence-electron chi connectivity index (χ4n) is 6.58. The number of rotatable bonds is 5. The number of thiophene rings is 2. The average Bonchev–Trinajstić information content (AvgIpc) is 3.85. The largest absolute Gasteiger partial charge is 0.455 e. The molecule has 4 nitrogen and oxygen atoms in total. The van der Waals surface area contributed by atoms with Crippen LogP contribution in [0, 0.1) is 0 Å². The third-order valence-electron chi connectivity index (χ3n) is 9.43. The van der Waals surface area contributed by atoms with Gasteiger partial charge in [0.15, 0.2) is 11.6 Å². The van der Waals surface area contributed by atoms with Crippen LogP contribution in [0.25, 0.3) is 37.1 Å². The Morgan fingerprint density at radius 1 is 0.580 bits per heavy atom. The van der Waals surface area contributed by atoms with Crippen LogP contribution < -0.4 is 4.90 Å². The minimum absolute atomic E-state index is 0.0674. The molecule has 0 N–H and O–H groups in total. The van der Waals surface area contributed by atoms with Crippen LogP contribution in [0.4, 0.5) is 17.1 Å². The Hall–Kier alpha value is -5.04. The van der Waals surface area contributed by atoms with E-state index in [0.29, 0.717) is 11.1 Å². The van der Waals surface area contributed by atoms with Crippen LogP contribution in [0.1, 0.15) is 78.3 Å². The summed E-state index contributed by atoms with van der Waals surface area (Å²) in [5.74, 6) is -0.412. The van der Waals surface area contributed by atoms with Gasteiger partial charge in [0.25, 0.3) is 0 Å². The minimum atomic E-state index is -0.206. The standard InChI is InChI=1S/C44H37NO3S2/c1-43(2,3)26-11-15-28(16-12-26)45(29-17-13-27(14-18-29)44(4,5)6)30-19-21-34-36(23-30)48-37-25-39(50-42(34)37)38-22-20-31(49-38)24-35-40(46)32-9-7-8-10-33(32)41(35)47/h7-25H,1-6H3. The van der Waals surface area contributed by atoms with Gasteiger partial charge in [0, 0.05) is 60.3 Å². The monoisotopic (exact) mass is 691 g/mol. The molecular formula is C44H37NO3S2. The number of Topliss-reactive ketones (excluding diaryl/α,β-unsaturated/α-hetero) is 2. The smallest absolute Gasteiger partial charge is 0.197 e. The van der Waals surface area contributed by atoms with E-state index in [4.69, 9.17) is 4.42 Å². The van der Waals surface area contributed by atoms with Crippen molar-refractivity contribution in [1.82, 2.24) is 0 Å². The maximum absolute atomic E-state index is 12.9. The second-order valence-electron chi connectivity index (χ2n) is 15.0. The van der Waals surface area contributed by atoms with Gasteiger partial charge in [-0.3, -0.25) is 9.59 Å². The van der Waals surface area contributed by atoms with Crippen molar-refractivity contribution in [2.45, 2.75) is 52.4 Å². The summed E-state index contributed by atoms with van der Waals surface area (Å²) in [5.41, 5.74) is 8.80. The van der Waals surface area contributed by atoms with E-state index in [-0.39, 0.29) is 28.0 Å². The summed E-state index contributed by atoms with van der Waals surface area (Å²) in [6.07, 6.45) is 1.73. The second-order valence-corrected chi connectivity index (χ2v) is 17.1. The lowest BCUT2D eigenvalue weighted by atomic mass is 9.86. The van der Waals surface area contributed by atoms with Crippen LogP contribution in [0.3, 0.4) is 0 Å². The molecule has 248 valence electrons. The number of hydrogen-bond donors (Lipinski definition) is 0. The number of furan rings is 1. The summed E-state index contributed by atoms with van der Waals surface area (Å²) in [6.45, 7) is 13.4. The lowest BCUT2D eigenvalue weighted by Crippen LogP contribution is -2.14. The zero-order valence-electron chi connectivity index (χ0n) is 29.0. The summed E-state index contributed by atoms with van der Waals surface area (Å²) < 4.78 is 7.61. The van der Waals surface area contributed by atoms with Gasteiger partial charge in [0.1, 0.15) is 11.2 Å². The Labute approximate surface area is 300 Å². The summed E-state index contributed by atoms with van der Waals surface area (Å²) in [7, 11) is 0. The molecule has 7 aromatic rings. The summed E-state index contributed by atoms with van der Waals surface area (Å²) in [6, 6.07) is 37.3. The highest BCUT2D eigenvalue weighted by Crippen LogP contribution is 2.45. The molecule has 0 amide bonds. The number of ketones is 2. The van der Waals surface area contributed by atoms with E-state index in [1.807, 2.05) is 12.1 Å². The molecule has 4 aromatic carbocycles. The molecule has 0 unspecified atom stereocenters. The highest BCUT2D eigenvalue weighted by Gasteiger charge is 2.32. The van der Waals surface area contributed by atoms with E-state index in [1.54, 1.807) is 53.0 Å². The number of hydrogen-bond acceptors (Lipinski definition) is 6. The topological polar surface area (TPSA) is 50.5 Å². The number of benzene rings is 4. The molecule has 0 bridgehead atoms. The Kier molecular flexibility index (Phi) is 7.59. The molecule has 0 saturated carbocycles. The highest BCUT2D eigenvalue weighted by molar-refractivity contribution is 7.27. The summed E-state index contributed by atoms with van der Waals surface area (Å²) >= 11 is 3.26. The second kappa shape index (κ2) is 11.8. The molecule has 0 fully saturated rings. The fourth-order valence-corrected chi connectivity index (χ4v) is 8.72. The molecule has 0 atom stereocenters. The Morgan fingerprint density at radius 2 is 1.14 bits per heavy atom. The first kappa shape index (κ1) is 32.2. The average molecular weight is 692 g/mol. The van der Waals surface area contributed by atoms with Gasteiger partial charge in [-0.25, -0.2) is 0 Å². The molecule has 3 heterocycles. The third-order valence-corrected chi connectivity index (χ3v) is 11.8. The molecular weight excluding hydrogens is 655 g/mol. The van der Waals surface area contributed by atoms with Crippen molar-refractivity contribution in [2.75, 3.05) is 4.90 Å². The van der Waals surface area contributed by atoms with Crippen LogP contribution in [-0.2, 0) is 10.8 Å². The Bertz CT molecular complexity index is 2380. The van der Waals surface area contributed by atoms with E-state index in [0.717, 1.165) is 52.9 Å². The normalized spacial score (nSPS) is 13.4. The van der Waals surface area contributed by atoms with Crippen molar-refractivity contribution in [3.8, 4) is 9.75 Å². The highest BCUT2D eigenvalue weighted by atomic mass is 32.1. The van der Waals surface area contributed by atoms with Crippen molar-refractivity contribution in [3.63, 3.8) is 0 Å². The van der Waals surface area contributed by atoms with Crippen molar-refractivity contribution >= 4 is 78.6 Å². The van der Waals surface area contributed by atoms with Crippen LogP contribution in [0.15, 0.2) is 119 Å². The van der Waals surface area contributed by atoms with E-state index in [2.05, 4.69) is 119 Å². The Balaban J connectivity index is 1.13. The van der Waals surface area contributed by atoms with Crippen LogP contribution in [0.2, 0.25) is 0 Å². The van der Waals surface area contributed by atoms with Gasteiger partial charge >= 0.3 is 0 Å².